The molecule has 1 rings (SSSR count). The number of benzene rings is 1. The van der Waals surface area contributed by atoms with Crippen LogP contribution in [0.1, 0.15) is 45.2 Å². The molecule has 0 saturated carbocycles. The van der Waals surface area contributed by atoms with Crippen molar-refractivity contribution in [3.8, 4) is 5.75 Å². The van der Waals surface area contributed by atoms with Crippen LogP contribution in [0.25, 0.3) is 0 Å². The molecule has 1 unspecified atom stereocenters. The molecule has 2 N–H and O–H groups in total. The second-order valence-corrected chi connectivity index (χ2v) is 4.04. The Balaban J connectivity index is 2.75. The van der Waals surface area contributed by atoms with Crippen molar-refractivity contribution < 1.29 is 4.74 Å². The molecule has 2 atom stereocenters. The van der Waals surface area contributed by atoms with E-state index in [1.54, 1.807) is 0 Å². The minimum Gasteiger partial charge on any atom is -0.490 e. The van der Waals surface area contributed by atoms with Crippen LogP contribution in [0.2, 0.25) is 0 Å². The molecule has 0 aliphatic rings. The Bertz CT molecular complexity index is 296. The summed E-state index contributed by atoms with van der Waals surface area (Å²) < 4.78 is 5.87. The van der Waals surface area contributed by atoms with E-state index in [-0.39, 0.29) is 12.1 Å². The Hall–Kier alpha value is -1.02. The van der Waals surface area contributed by atoms with Crippen LogP contribution in [0, 0.1) is 0 Å². The summed E-state index contributed by atoms with van der Waals surface area (Å²) in [7, 11) is 0. The van der Waals surface area contributed by atoms with Gasteiger partial charge in [-0.25, -0.2) is 0 Å². The highest BCUT2D eigenvalue weighted by Crippen LogP contribution is 2.24. The molecule has 0 amide bonds. The summed E-state index contributed by atoms with van der Waals surface area (Å²) in [5, 5.41) is 0. The predicted molar refractivity (Wildman–Crippen MR) is 64.0 cm³/mol. The quantitative estimate of drug-likeness (QED) is 0.804. The first kappa shape index (κ1) is 12.1. The van der Waals surface area contributed by atoms with Gasteiger partial charge in [-0.15, -0.1) is 0 Å². The van der Waals surface area contributed by atoms with Crippen molar-refractivity contribution in [3.05, 3.63) is 29.8 Å². The zero-order chi connectivity index (χ0) is 11.3. The third kappa shape index (κ3) is 3.56. The van der Waals surface area contributed by atoms with Gasteiger partial charge in [-0.1, -0.05) is 31.5 Å². The molecule has 0 spiro atoms. The lowest BCUT2D eigenvalue weighted by atomic mass is 10.1. The Kier molecular flexibility index (Phi) is 4.63. The van der Waals surface area contributed by atoms with Gasteiger partial charge in [0.15, 0.2) is 0 Å². The Morgan fingerprint density at radius 2 is 1.93 bits per heavy atom. The van der Waals surface area contributed by atoms with Gasteiger partial charge in [-0.3, -0.25) is 0 Å². The van der Waals surface area contributed by atoms with Gasteiger partial charge >= 0.3 is 0 Å². The van der Waals surface area contributed by atoms with Crippen LogP contribution in [0.3, 0.4) is 0 Å². The number of nitrogens with two attached hydrogens (primary N) is 1. The summed E-state index contributed by atoms with van der Waals surface area (Å²) >= 11 is 0. The SMILES string of the molecule is CCCC(C)Oc1ccccc1[C@@H](C)N. The summed E-state index contributed by atoms with van der Waals surface area (Å²) in [5.41, 5.74) is 6.97. The van der Waals surface area contributed by atoms with E-state index in [4.69, 9.17) is 10.5 Å². The van der Waals surface area contributed by atoms with Crippen LogP contribution in [0.4, 0.5) is 0 Å². The molecule has 0 saturated heterocycles. The molecule has 0 radical (unpaired) electrons. The maximum absolute atomic E-state index is 5.88. The van der Waals surface area contributed by atoms with Gasteiger partial charge in [0.2, 0.25) is 0 Å². The Labute approximate surface area is 92.4 Å². The van der Waals surface area contributed by atoms with Crippen LogP contribution in [0.5, 0.6) is 5.75 Å². The second kappa shape index (κ2) is 5.76. The normalized spacial score (nSPS) is 14.7. The molecule has 0 bridgehead atoms. The minimum atomic E-state index is 0.0232. The average Bonchev–Trinajstić information content (AvgIpc) is 2.18. The fourth-order valence-corrected chi connectivity index (χ4v) is 1.65. The lowest BCUT2D eigenvalue weighted by Gasteiger charge is -2.18. The third-order valence-corrected chi connectivity index (χ3v) is 2.43. The van der Waals surface area contributed by atoms with Crippen molar-refractivity contribution in [1.82, 2.24) is 0 Å². The van der Waals surface area contributed by atoms with E-state index in [2.05, 4.69) is 13.8 Å². The summed E-state index contributed by atoms with van der Waals surface area (Å²) in [6, 6.07) is 8.02. The maximum atomic E-state index is 5.88. The Morgan fingerprint density at radius 1 is 1.27 bits per heavy atom. The number of para-hydroxylation sites is 1. The molecular formula is C13H21NO. The first-order valence-corrected chi connectivity index (χ1v) is 5.66. The fraction of sp³-hybridized carbons (Fsp3) is 0.538. The van der Waals surface area contributed by atoms with Crippen molar-refractivity contribution >= 4 is 0 Å². The standard InChI is InChI=1S/C13H21NO/c1-4-7-10(2)15-13-9-6-5-8-12(13)11(3)14/h5-6,8-11H,4,7,14H2,1-3H3/t10?,11-/m1/s1. The predicted octanol–water partition coefficient (Wildman–Crippen LogP) is 3.27. The summed E-state index contributed by atoms with van der Waals surface area (Å²) in [5.74, 6) is 0.924. The summed E-state index contributed by atoms with van der Waals surface area (Å²) in [4.78, 5) is 0. The van der Waals surface area contributed by atoms with E-state index in [1.165, 1.54) is 0 Å². The van der Waals surface area contributed by atoms with E-state index in [9.17, 15) is 0 Å². The van der Waals surface area contributed by atoms with Gasteiger partial charge in [-0.05, 0) is 26.3 Å². The van der Waals surface area contributed by atoms with E-state index in [0.29, 0.717) is 0 Å². The average molecular weight is 207 g/mol. The molecule has 0 aromatic heterocycles. The molecule has 2 heteroatoms. The first-order chi connectivity index (χ1) is 7.15. The largest absolute Gasteiger partial charge is 0.490 e. The molecule has 0 aliphatic heterocycles. The summed E-state index contributed by atoms with van der Waals surface area (Å²) in [6.45, 7) is 6.24. The highest BCUT2D eigenvalue weighted by molar-refractivity contribution is 5.35. The number of rotatable bonds is 5. The van der Waals surface area contributed by atoms with Gasteiger partial charge in [0.25, 0.3) is 0 Å². The van der Waals surface area contributed by atoms with Gasteiger partial charge in [0.1, 0.15) is 5.75 Å². The number of ether oxygens (including phenoxy) is 1. The lowest BCUT2D eigenvalue weighted by molar-refractivity contribution is 0.207. The molecule has 84 valence electrons. The number of hydrogen-bond donors (Lipinski definition) is 1. The molecule has 0 fully saturated rings. The van der Waals surface area contributed by atoms with E-state index in [1.807, 2.05) is 31.2 Å². The van der Waals surface area contributed by atoms with Crippen molar-refractivity contribution in [2.45, 2.75) is 45.8 Å². The molecular weight excluding hydrogens is 186 g/mol. The van der Waals surface area contributed by atoms with E-state index in [0.717, 1.165) is 24.2 Å². The smallest absolute Gasteiger partial charge is 0.124 e. The third-order valence-electron chi connectivity index (χ3n) is 2.43. The van der Waals surface area contributed by atoms with Crippen molar-refractivity contribution in [3.63, 3.8) is 0 Å². The molecule has 0 heterocycles. The lowest BCUT2D eigenvalue weighted by Crippen LogP contribution is -2.14. The monoisotopic (exact) mass is 207 g/mol. The summed E-state index contributed by atoms with van der Waals surface area (Å²) in [6.07, 6.45) is 2.48. The molecule has 2 nitrogen and oxygen atoms in total. The minimum absolute atomic E-state index is 0.0232. The molecule has 1 aromatic carbocycles. The molecule has 1 aromatic rings. The molecule has 0 aliphatic carbocycles. The van der Waals surface area contributed by atoms with Crippen LogP contribution in [-0.4, -0.2) is 6.10 Å². The highest BCUT2D eigenvalue weighted by atomic mass is 16.5. The topological polar surface area (TPSA) is 35.2 Å². The van der Waals surface area contributed by atoms with Crippen LogP contribution < -0.4 is 10.5 Å². The van der Waals surface area contributed by atoms with Crippen LogP contribution >= 0.6 is 0 Å². The number of hydrogen-bond acceptors (Lipinski definition) is 2. The first-order valence-electron chi connectivity index (χ1n) is 5.66. The highest BCUT2D eigenvalue weighted by Gasteiger charge is 2.09. The van der Waals surface area contributed by atoms with Crippen molar-refractivity contribution in [2.75, 3.05) is 0 Å². The van der Waals surface area contributed by atoms with Gasteiger partial charge < -0.3 is 10.5 Å². The van der Waals surface area contributed by atoms with Crippen molar-refractivity contribution in [2.24, 2.45) is 5.73 Å². The molecule has 15 heavy (non-hydrogen) atoms. The second-order valence-electron chi connectivity index (χ2n) is 4.04. The van der Waals surface area contributed by atoms with Crippen molar-refractivity contribution in [1.29, 1.82) is 0 Å². The van der Waals surface area contributed by atoms with E-state index >= 15 is 0 Å². The Morgan fingerprint density at radius 3 is 2.53 bits per heavy atom. The van der Waals surface area contributed by atoms with Gasteiger partial charge in [0.05, 0.1) is 6.10 Å². The van der Waals surface area contributed by atoms with Crippen LogP contribution in [0.15, 0.2) is 24.3 Å². The zero-order valence-electron chi connectivity index (χ0n) is 9.86. The fourth-order valence-electron chi connectivity index (χ4n) is 1.65. The maximum Gasteiger partial charge on any atom is 0.124 e. The van der Waals surface area contributed by atoms with Gasteiger partial charge in [0, 0.05) is 11.6 Å². The zero-order valence-corrected chi connectivity index (χ0v) is 9.86. The van der Waals surface area contributed by atoms with Gasteiger partial charge in [-0.2, -0.15) is 0 Å². The van der Waals surface area contributed by atoms with E-state index < -0.39 is 0 Å². The van der Waals surface area contributed by atoms with Crippen LogP contribution in [-0.2, 0) is 0 Å².